The fourth-order valence-corrected chi connectivity index (χ4v) is 3.04. The van der Waals surface area contributed by atoms with Gasteiger partial charge in [-0.15, -0.1) is 0 Å². The van der Waals surface area contributed by atoms with Crippen molar-refractivity contribution in [1.29, 1.82) is 0 Å². The molecular weight excluding hydrogens is 362 g/mol. The highest BCUT2D eigenvalue weighted by molar-refractivity contribution is 5.97. The molecule has 3 aromatic carbocycles. The molecule has 1 amide bonds. The number of rotatable bonds is 6. The average Bonchev–Trinajstić information content (AvgIpc) is 2.71. The van der Waals surface area contributed by atoms with Gasteiger partial charge in [-0.1, -0.05) is 66.7 Å². The lowest BCUT2D eigenvalue weighted by Gasteiger charge is -2.18. The Morgan fingerprint density at radius 3 is 2.07 bits per heavy atom. The van der Waals surface area contributed by atoms with E-state index in [-0.39, 0.29) is 0 Å². The summed E-state index contributed by atoms with van der Waals surface area (Å²) >= 11 is 0. The van der Waals surface area contributed by atoms with Crippen molar-refractivity contribution in [2.45, 2.75) is 20.0 Å². The van der Waals surface area contributed by atoms with Gasteiger partial charge in [0.25, 0.3) is 5.91 Å². The van der Waals surface area contributed by atoms with Crippen molar-refractivity contribution in [3.8, 4) is 0 Å². The van der Waals surface area contributed by atoms with Gasteiger partial charge in [-0.05, 0) is 48.7 Å². The van der Waals surface area contributed by atoms with E-state index in [1.54, 1.807) is 30.3 Å². The van der Waals surface area contributed by atoms with Gasteiger partial charge in [0, 0.05) is 17.3 Å². The van der Waals surface area contributed by atoms with E-state index in [0.717, 1.165) is 16.7 Å². The quantitative estimate of drug-likeness (QED) is 0.466. The normalized spacial score (nSPS) is 11.8. The zero-order chi connectivity index (χ0) is 20.6. The van der Waals surface area contributed by atoms with Crippen LogP contribution in [-0.4, -0.2) is 11.9 Å². The van der Waals surface area contributed by atoms with Gasteiger partial charge in [0.05, 0.1) is 0 Å². The number of ether oxygens (including phenoxy) is 1. The van der Waals surface area contributed by atoms with Gasteiger partial charge in [0.2, 0.25) is 6.10 Å². The van der Waals surface area contributed by atoms with Crippen LogP contribution in [0.25, 0.3) is 6.08 Å². The minimum absolute atomic E-state index is 0.400. The standard InChI is InChI=1S/C25H23NO3/c1-18-15-19(2)17-22(16-18)26-25(28)24(21-11-7-4-8-12-21)29-23(27)14-13-20-9-5-3-6-10-20/h3-17,24H,1-2H3,(H,26,28). The number of amides is 1. The highest BCUT2D eigenvalue weighted by Gasteiger charge is 2.24. The molecule has 0 saturated heterocycles. The Morgan fingerprint density at radius 2 is 1.45 bits per heavy atom. The Balaban J connectivity index is 1.78. The van der Waals surface area contributed by atoms with Crippen LogP contribution in [0, 0.1) is 13.8 Å². The first-order valence-corrected chi connectivity index (χ1v) is 9.39. The van der Waals surface area contributed by atoms with Crippen molar-refractivity contribution in [1.82, 2.24) is 0 Å². The fourth-order valence-electron chi connectivity index (χ4n) is 3.04. The largest absolute Gasteiger partial charge is 0.444 e. The minimum Gasteiger partial charge on any atom is -0.444 e. The Morgan fingerprint density at radius 1 is 0.862 bits per heavy atom. The molecule has 4 heteroatoms. The van der Waals surface area contributed by atoms with Crippen LogP contribution in [0.15, 0.2) is 84.9 Å². The van der Waals surface area contributed by atoms with Crippen molar-refractivity contribution >= 4 is 23.6 Å². The summed E-state index contributed by atoms with van der Waals surface area (Å²) in [6.07, 6.45) is 1.94. The summed E-state index contributed by atoms with van der Waals surface area (Å²) in [6.45, 7) is 3.93. The first kappa shape index (κ1) is 20.1. The van der Waals surface area contributed by atoms with Crippen molar-refractivity contribution in [2.24, 2.45) is 0 Å². The second-order valence-electron chi connectivity index (χ2n) is 6.84. The van der Waals surface area contributed by atoms with E-state index < -0.39 is 18.0 Å². The third-order valence-electron chi connectivity index (χ3n) is 4.28. The number of nitrogens with one attached hydrogen (secondary N) is 1. The van der Waals surface area contributed by atoms with Crippen LogP contribution in [0.3, 0.4) is 0 Å². The predicted octanol–water partition coefficient (Wildman–Crippen LogP) is 5.24. The maximum Gasteiger partial charge on any atom is 0.331 e. The van der Waals surface area contributed by atoms with Crippen LogP contribution in [0.1, 0.15) is 28.4 Å². The lowest BCUT2D eigenvalue weighted by Crippen LogP contribution is -2.25. The zero-order valence-corrected chi connectivity index (χ0v) is 16.5. The van der Waals surface area contributed by atoms with E-state index >= 15 is 0 Å². The molecule has 1 unspecified atom stereocenters. The average molecular weight is 385 g/mol. The third kappa shape index (κ3) is 5.91. The highest BCUT2D eigenvalue weighted by Crippen LogP contribution is 2.22. The second-order valence-corrected chi connectivity index (χ2v) is 6.84. The molecule has 0 aromatic heterocycles. The van der Waals surface area contributed by atoms with Gasteiger partial charge in [0.1, 0.15) is 0 Å². The van der Waals surface area contributed by atoms with Gasteiger partial charge in [-0.25, -0.2) is 4.79 Å². The monoisotopic (exact) mass is 385 g/mol. The molecule has 3 aromatic rings. The maximum atomic E-state index is 12.9. The predicted molar refractivity (Wildman–Crippen MR) is 115 cm³/mol. The summed E-state index contributed by atoms with van der Waals surface area (Å²) in [6, 6.07) is 24.2. The van der Waals surface area contributed by atoms with Gasteiger partial charge < -0.3 is 10.1 Å². The Kier molecular flexibility index (Phi) is 6.59. The molecule has 0 aliphatic carbocycles. The van der Waals surface area contributed by atoms with E-state index in [2.05, 4.69) is 5.32 Å². The number of hydrogen-bond acceptors (Lipinski definition) is 3. The van der Waals surface area contributed by atoms with Crippen LogP contribution in [0.4, 0.5) is 5.69 Å². The van der Waals surface area contributed by atoms with Crippen molar-refractivity contribution in [3.05, 3.63) is 107 Å². The summed E-state index contributed by atoms with van der Waals surface area (Å²) in [5.74, 6) is -0.985. The van der Waals surface area contributed by atoms with Crippen molar-refractivity contribution < 1.29 is 14.3 Å². The molecule has 1 N–H and O–H groups in total. The first-order chi connectivity index (χ1) is 14.0. The Bertz CT molecular complexity index is 991. The number of carbonyl (C=O) groups is 2. The van der Waals surface area contributed by atoms with Crippen molar-refractivity contribution in [2.75, 3.05) is 5.32 Å². The molecule has 3 rings (SSSR count). The molecule has 0 saturated carbocycles. The van der Waals surface area contributed by atoms with Crippen LogP contribution in [0.2, 0.25) is 0 Å². The zero-order valence-electron chi connectivity index (χ0n) is 16.5. The smallest absolute Gasteiger partial charge is 0.331 e. The van der Waals surface area contributed by atoms with Gasteiger partial charge >= 0.3 is 5.97 Å². The topological polar surface area (TPSA) is 55.4 Å². The number of carbonyl (C=O) groups excluding carboxylic acids is 2. The van der Waals surface area contributed by atoms with Crippen molar-refractivity contribution in [3.63, 3.8) is 0 Å². The van der Waals surface area contributed by atoms with Gasteiger partial charge in [-0.2, -0.15) is 0 Å². The van der Waals surface area contributed by atoms with E-state index in [0.29, 0.717) is 11.3 Å². The van der Waals surface area contributed by atoms with Crippen LogP contribution >= 0.6 is 0 Å². The molecule has 29 heavy (non-hydrogen) atoms. The lowest BCUT2D eigenvalue weighted by atomic mass is 10.1. The number of hydrogen-bond donors (Lipinski definition) is 1. The van der Waals surface area contributed by atoms with E-state index in [4.69, 9.17) is 4.74 Å². The SMILES string of the molecule is Cc1cc(C)cc(NC(=O)C(OC(=O)C=Cc2ccccc2)c2ccccc2)c1. The number of esters is 1. The molecule has 146 valence electrons. The van der Waals surface area contributed by atoms with Crippen LogP contribution in [-0.2, 0) is 14.3 Å². The van der Waals surface area contributed by atoms with E-state index in [9.17, 15) is 9.59 Å². The lowest BCUT2D eigenvalue weighted by molar-refractivity contribution is -0.149. The minimum atomic E-state index is -1.05. The van der Waals surface area contributed by atoms with Gasteiger partial charge in [0.15, 0.2) is 0 Å². The third-order valence-corrected chi connectivity index (χ3v) is 4.28. The molecule has 0 bridgehead atoms. The van der Waals surface area contributed by atoms with Crippen LogP contribution < -0.4 is 5.32 Å². The number of aryl methyl sites for hydroxylation is 2. The van der Waals surface area contributed by atoms with Crippen LogP contribution in [0.5, 0.6) is 0 Å². The molecule has 4 nitrogen and oxygen atoms in total. The van der Waals surface area contributed by atoms with E-state index in [1.807, 2.05) is 68.4 Å². The Labute approximate surface area is 170 Å². The molecule has 0 fully saturated rings. The summed E-state index contributed by atoms with van der Waals surface area (Å²) in [4.78, 5) is 25.3. The molecular formula is C25H23NO3. The Hall–Kier alpha value is -3.66. The summed E-state index contributed by atoms with van der Waals surface area (Å²) < 4.78 is 5.51. The summed E-state index contributed by atoms with van der Waals surface area (Å²) in [5.41, 5.74) is 4.24. The number of anilines is 1. The number of benzene rings is 3. The first-order valence-electron chi connectivity index (χ1n) is 9.39. The van der Waals surface area contributed by atoms with E-state index in [1.165, 1.54) is 6.08 Å². The molecule has 0 heterocycles. The maximum absolute atomic E-state index is 12.9. The highest BCUT2D eigenvalue weighted by atomic mass is 16.5. The molecule has 0 spiro atoms. The molecule has 0 aliphatic rings. The summed E-state index contributed by atoms with van der Waals surface area (Å²) in [7, 11) is 0. The summed E-state index contributed by atoms with van der Waals surface area (Å²) in [5, 5.41) is 2.86. The second kappa shape index (κ2) is 9.51. The van der Waals surface area contributed by atoms with Gasteiger partial charge in [-0.3, -0.25) is 4.79 Å². The molecule has 0 radical (unpaired) electrons. The fraction of sp³-hybridized carbons (Fsp3) is 0.120. The molecule has 0 aliphatic heterocycles. The molecule has 1 atom stereocenters.